The first kappa shape index (κ1) is 28.5. The molecule has 40 heavy (non-hydrogen) atoms. The van der Waals surface area contributed by atoms with E-state index >= 15 is 0 Å². The molecule has 3 aliphatic carbocycles. The van der Waals surface area contributed by atoms with Crippen LogP contribution in [-0.2, 0) is 47.7 Å². The lowest BCUT2D eigenvalue weighted by molar-refractivity contribution is -0.345. The SMILES string of the molecule is CC(=O)OC1C(C)C2CC(=O)OC3C(OC(=O)C=C(C)C)C4C(C)=CC(=O)C(OC(C)=O)C4(C)C4C1(O)OCC234. The Hall–Kier alpha value is -3.05. The molecule has 2 saturated carbocycles. The van der Waals surface area contributed by atoms with Gasteiger partial charge in [-0.25, -0.2) is 4.79 Å². The fourth-order valence-corrected chi connectivity index (χ4v) is 8.87. The first-order valence-electron chi connectivity index (χ1n) is 13.6. The van der Waals surface area contributed by atoms with Gasteiger partial charge in [-0.3, -0.25) is 19.2 Å². The lowest BCUT2D eigenvalue weighted by atomic mass is 9.37. The van der Waals surface area contributed by atoms with Gasteiger partial charge < -0.3 is 28.8 Å². The van der Waals surface area contributed by atoms with Crippen LogP contribution in [0.15, 0.2) is 23.3 Å². The molecule has 11 atom stereocenters. The van der Waals surface area contributed by atoms with Crippen molar-refractivity contribution in [2.24, 2.45) is 34.5 Å². The predicted molar refractivity (Wildman–Crippen MR) is 135 cm³/mol. The number of ether oxygens (including phenoxy) is 5. The lowest BCUT2D eigenvalue weighted by Crippen LogP contribution is -2.79. The van der Waals surface area contributed by atoms with Gasteiger partial charge in [-0.05, 0) is 32.8 Å². The number of hydrogen-bond acceptors (Lipinski definition) is 11. The quantitative estimate of drug-likeness (QED) is 0.304. The summed E-state index contributed by atoms with van der Waals surface area (Å²) in [4.78, 5) is 64.3. The van der Waals surface area contributed by atoms with E-state index in [4.69, 9.17) is 23.7 Å². The maximum Gasteiger partial charge on any atom is 0.331 e. The first-order chi connectivity index (χ1) is 18.6. The Morgan fingerprint density at radius 1 is 1.07 bits per heavy atom. The number of ketones is 1. The second kappa shape index (κ2) is 9.24. The van der Waals surface area contributed by atoms with E-state index in [-0.39, 0.29) is 13.0 Å². The van der Waals surface area contributed by atoms with Gasteiger partial charge in [-0.15, -0.1) is 0 Å². The first-order valence-corrected chi connectivity index (χ1v) is 13.6. The van der Waals surface area contributed by atoms with E-state index in [1.165, 1.54) is 26.0 Å². The Balaban J connectivity index is 1.81. The summed E-state index contributed by atoms with van der Waals surface area (Å²) in [5.41, 5.74) is -1.38. The highest BCUT2D eigenvalue weighted by atomic mass is 16.7. The molecule has 0 aromatic carbocycles. The van der Waals surface area contributed by atoms with Crippen molar-refractivity contribution in [3.05, 3.63) is 23.3 Å². The number of aliphatic hydroxyl groups is 1. The van der Waals surface area contributed by atoms with Crippen LogP contribution in [0.2, 0.25) is 0 Å². The normalized spacial score (nSPS) is 44.8. The molecule has 11 nitrogen and oxygen atoms in total. The van der Waals surface area contributed by atoms with Crippen molar-refractivity contribution in [2.45, 2.75) is 85.1 Å². The van der Waals surface area contributed by atoms with Crippen LogP contribution in [0.4, 0.5) is 0 Å². The van der Waals surface area contributed by atoms with E-state index in [1.807, 2.05) is 0 Å². The van der Waals surface area contributed by atoms with Crippen molar-refractivity contribution in [2.75, 3.05) is 6.61 Å². The number of carbonyl (C=O) groups excluding carboxylic acids is 5. The van der Waals surface area contributed by atoms with Crippen molar-refractivity contribution in [1.82, 2.24) is 0 Å². The number of rotatable bonds is 4. The molecule has 2 bridgehead atoms. The fraction of sp³-hybridized carbons (Fsp3) is 0.690. The molecule has 0 aromatic rings. The third-order valence-electron chi connectivity index (χ3n) is 9.73. The monoisotopic (exact) mass is 560 g/mol. The Kier molecular flexibility index (Phi) is 6.58. The summed E-state index contributed by atoms with van der Waals surface area (Å²) in [6.45, 7) is 10.9. The third-order valence-corrected chi connectivity index (χ3v) is 9.73. The summed E-state index contributed by atoms with van der Waals surface area (Å²) in [5.74, 6) is -8.13. The van der Waals surface area contributed by atoms with Gasteiger partial charge >= 0.3 is 23.9 Å². The molecule has 218 valence electrons. The maximum atomic E-state index is 13.5. The van der Waals surface area contributed by atoms with Crippen LogP contribution in [-0.4, -0.2) is 71.6 Å². The van der Waals surface area contributed by atoms with Crippen LogP contribution in [0.5, 0.6) is 0 Å². The molecule has 0 radical (unpaired) electrons. The number of fused-ring (bicyclic) bond motifs is 1. The summed E-state index contributed by atoms with van der Waals surface area (Å²) >= 11 is 0. The van der Waals surface area contributed by atoms with E-state index in [0.29, 0.717) is 11.1 Å². The minimum Gasteiger partial charge on any atom is -0.458 e. The smallest absolute Gasteiger partial charge is 0.331 e. The highest BCUT2D eigenvalue weighted by Crippen LogP contribution is 2.74. The van der Waals surface area contributed by atoms with Gasteiger partial charge in [-0.1, -0.05) is 25.0 Å². The summed E-state index contributed by atoms with van der Waals surface area (Å²) in [7, 11) is 0. The van der Waals surface area contributed by atoms with E-state index in [0.717, 1.165) is 0 Å². The summed E-state index contributed by atoms with van der Waals surface area (Å²) < 4.78 is 29.6. The van der Waals surface area contributed by atoms with Crippen molar-refractivity contribution in [1.29, 1.82) is 0 Å². The largest absolute Gasteiger partial charge is 0.458 e. The molecule has 4 fully saturated rings. The molecule has 1 spiro atoms. The summed E-state index contributed by atoms with van der Waals surface area (Å²) in [5, 5.41) is 12.4. The molecule has 2 heterocycles. The molecule has 1 N–H and O–H groups in total. The highest BCUT2D eigenvalue weighted by Gasteiger charge is 2.85. The lowest BCUT2D eigenvalue weighted by Gasteiger charge is -2.68. The topological polar surface area (TPSA) is 152 Å². The Morgan fingerprint density at radius 3 is 2.33 bits per heavy atom. The summed E-state index contributed by atoms with van der Waals surface area (Å²) in [6, 6.07) is 0. The molecule has 11 unspecified atom stereocenters. The Bertz CT molecular complexity index is 1250. The molecule has 5 rings (SSSR count). The van der Waals surface area contributed by atoms with Crippen LogP contribution in [0.3, 0.4) is 0 Å². The third kappa shape index (κ3) is 3.73. The van der Waals surface area contributed by atoms with Gasteiger partial charge in [0.25, 0.3) is 0 Å². The molecule has 2 saturated heterocycles. The van der Waals surface area contributed by atoms with Crippen LogP contribution < -0.4 is 0 Å². The van der Waals surface area contributed by atoms with Gasteiger partial charge in [0.15, 0.2) is 18.0 Å². The predicted octanol–water partition coefficient (Wildman–Crippen LogP) is 1.80. The average Bonchev–Trinajstić information content (AvgIpc) is 3.10. The van der Waals surface area contributed by atoms with Gasteiger partial charge in [0, 0.05) is 54.9 Å². The van der Waals surface area contributed by atoms with E-state index in [1.54, 1.807) is 34.6 Å². The second-order valence-electron chi connectivity index (χ2n) is 12.4. The highest BCUT2D eigenvalue weighted by molar-refractivity contribution is 5.97. The zero-order valence-electron chi connectivity index (χ0n) is 23.7. The number of hydrogen-bond donors (Lipinski definition) is 1. The number of esters is 4. The standard InChI is InChI=1S/C29H36O11/c1-12(2)8-19(33)39-22-21-13(3)9-18(32)24(38-16(6)31)27(21,7)26-28-11-36-29(26,35)23(37-15(5)30)14(4)17(28)10-20(34)40-25(22)28/h8-9,14,17,21-26,35H,10-11H2,1-7H3. The van der Waals surface area contributed by atoms with Gasteiger partial charge in [-0.2, -0.15) is 0 Å². The molecule has 0 aromatic heterocycles. The van der Waals surface area contributed by atoms with Crippen LogP contribution in [0.1, 0.15) is 54.9 Å². The van der Waals surface area contributed by atoms with Gasteiger partial charge in [0.2, 0.25) is 5.79 Å². The van der Waals surface area contributed by atoms with Crippen molar-refractivity contribution < 1.29 is 52.8 Å². The van der Waals surface area contributed by atoms with E-state index in [2.05, 4.69) is 0 Å². The second-order valence-corrected chi connectivity index (χ2v) is 12.4. The van der Waals surface area contributed by atoms with Crippen LogP contribution in [0.25, 0.3) is 0 Å². The molecule has 0 amide bonds. The van der Waals surface area contributed by atoms with Crippen molar-refractivity contribution in [3.63, 3.8) is 0 Å². The van der Waals surface area contributed by atoms with E-state index in [9.17, 15) is 29.1 Å². The zero-order chi connectivity index (χ0) is 29.5. The summed E-state index contributed by atoms with van der Waals surface area (Å²) in [6.07, 6.45) is -2.14. The van der Waals surface area contributed by atoms with Gasteiger partial charge in [0.05, 0.1) is 6.61 Å². The molecule has 11 heteroatoms. The molecule has 2 aliphatic heterocycles. The van der Waals surface area contributed by atoms with E-state index < -0.39 is 94.4 Å². The Morgan fingerprint density at radius 2 is 1.73 bits per heavy atom. The minimum atomic E-state index is -2.12. The number of carbonyl (C=O) groups is 5. The Labute approximate surface area is 232 Å². The molecule has 5 aliphatic rings. The molecular formula is C29H36O11. The van der Waals surface area contributed by atoms with Crippen LogP contribution in [0, 0.1) is 34.5 Å². The van der Waals surface area contributed by atoms with Gasteiger partial charge in [0.1, 0.15) is 12.2 Å². The minimum absolute atomic E-state index is 0.0677. The molecular weight excluding hydrogens is 524 g/mol. The fourth-order valence-electron chi connectivity index (χ4n) is 8.87. The van der Waals surface area contributed by atoms with Crippen LogP contribution >= 0.6 is 0 Å². The number of allylic oxidation sites excluding steroid dienone is 1. The zero-order valence-corrected chi connectivity index (χ0v) is 23.7. The maximum absolute atomic E-state index is 13.5. The van der Waals surface area contributed by atoms with Crippen molar-refractivity contribution in [3.8, 4) is 0 Å². The average molecular weight is 561 g/mol. The van der Waals surface area contributed by atoms with Crippen molar-refractivity contribution >= 4 is 29.7 Å².